The molecule has 0 spiro atoms. The second-order valence-electron chi connectivity index (χ2n) is 3.03. The van der Waals surface area contributed by atoms with Crippen LogP contribution in [0, 0.1) is 5.41 Å². The minimum Gasteiger partial charge on any atom is -0.396 e. The van der Waals surface area contributed by atoms with Crippen LogP contribution in [0.25, 0.3) is 0 Å². The van der Waals surface area contributed by atoms with Gasteiger partial charge in [0, 0.05) is 24.9 Å². The van der Waals surface area contributed by atoms with Crippen molar-refractivity contribution in [1.82, 2.24) is 0 Å². The summed E-state index contributed by atoms with van der Waals surface area (Å²) in [7, 11) is 0. The molecule has 0 aromatic carbocycles. The molecule has 1 fully saturated rings. The lowest BCUT2D eigenvalue weighted by Crippen LogP contribution is -2.49. The topological polar surface area (TPSA) is 20.2 Å². The first-order chi connectivity index (χ1) is 4.54. The van der Waals surface area contributed by atoms with Crippen molar-refractivity contribution in [2.75, 3.05) is 12.4 Å². The largest absolute Gasteiger partial charge is 0.396 e. The number of aliphatic hydroxyl groups is 1. The molecule has 10 heavy (non-hydrogen) atoms. The molecule has 1 nitrogen and oxygen atoms in total. The molecule has 0 aromatic heterocycles. The van der Waals surface area contributed by atoms with Crippen molar-refractivity contribution >= 4 is 12.6 Å². The van der Waals surface area contributed by atoms with E-state index >= 15 is 0 Å². The maximum absolute atomic E-state index is 12.3. The summed E-state index contributed by atoms with van der Waals surface area (Å²) in [5.41, 5.74) is -0.591. The SMILES string of the molecule is OCC1(CS)CC(F)(F)C1. The van der Waals surface area contributed by atoms with Crippen LogP contribution in [-0.2, 0) is 0 Å². The maximum atomic E-state index is 12.3. The molecule has 1 aliphatic rings. The van der Waals surface area contributed by atoms with Crippen LogP contribution >= 0.6 is 12.6 Å². The summed E-state index contributed by atoms with van der Waals surface area (Å²) in [5.74, 6) is -2.20. The molecule has 0 bridgehead atoms. The average molecular weight is 168 g/mol. The highest BCUT2D eigenvalue weighted by Gasteiger charge is 2.55. The lowest BCUT2D eigenvalue weighted by Gasteiger charge is -2.45. The molecule has 1 aliphatic carbocycles. The van der Waals surface area contributed by atoms with E-state index in [2.05, 4.69) is 12.6 Å². The van der Waals surface area contributed by atoms with Crippen LogP contribution < -0.4 is 0 Å². The van der Waals surface area contributed by atoms with Crippen molar-refractivity contribution in [3.05, 3.63) is 0 Å². The molecule has 0 radical (unpaired) electrons. The van der Waals surface area contributed by atoms with Crippen molar-refractivity contribution in [3.8, 4) is 0 Å². The monoisotopic (exact) mass is 168 g/mol. The van der Waals surface area contributed by atoms with E-state index in [9.17, 15) is 8.78 Å². The Morgan fingerprint density at radius 3 is 2.00 bits per heavy atom. The van der Waals surface area contributed by atoms with Crippen molar-refractivity contribution < 1.29 is 13.9 Å². The van der Waals surface area contributed by atoms with Gasteiger partial charge in [0.1, 0.15) is 0 Å². The van der Waals surface area contributed by atoms with Gasteiger partial charge in [0.05, 0.1) is 0 Å². The number of thiol groups is 1. The highest BCUT2D eigenvalue weighted by Crippen LogP contribution is 2.52. The molecule has 0 aromatic rings. The minimum atomic E-state index is -2.55. The maximum Gasteiger partial charge on any atom is 0.249 e. The number of rotatable bonds is 2. The second kappa shape index (κ2) is 2.34. The van der Waals surface area contributed by atoms with E-state index in [1.807, 2.05) is 0 Å². The fourth-order valence-corrected chi connectivity index (χ4v) is 1.64. The van der Waals surface area contributed by atoms with Gasteiger partial charge in [-0.2, -0.15) is 12.6 Å². The molecule has 0 heterocycles. The van der Waals surface area contributed by atoms with E-state index < -0.39 is 11.3 Å². The Morgan fingerprint density at radius 2 is 1.90 bits per heavy atom. The predicted octanol–water partition coefficient (Wildman–Crippen LogP) is 1.32. The van der Waals surface area contributed by atoms with Crippen molar-refractivity contribution in [1.29, 1.82) is 0 Å². The zero-order valence-corrected chi connectivity index (χ0v) is 6.37. The molecule has 0 aliphatic heterocycles. The van der Waals surface area contributed by atoms with Gasteiger partial charge < -0.3 is 5.11 Å². The van der Waals surface area contributed by atoms with E-state index in [0.717, 1.165) is 0 Å². The first-order valence-corrected chi connectivity index (χ1v) is 3.76. The number of halogens is 2. The van der Waals surface area contributed by atoms with Crippen LogP contribution in [0.1, 0.15) is 12.8 Å². The Morgan fingerprint density at radius 1 is 1.40 bits per heavy atom. The average Bonchev–Trinajstić information content (AvgIpc) is 1.82. The summed E-state index contributed by atoms with van der Waals surface area (Å²) in [5, 5.41) is 8.69. The quantitative estimate of drug-likeness (QED) is 0.596. The van der Waals surface area contributed by atoms with Gasteiger partial charge in [0.2, 0.25) is 5.92 Å². The number of hydrogen-bond acceptors (Lipinski definition) is 2. The summed E-state index contributed by atoms with van der Waals surface area (Å²) >= 11 is 3.90. The van der Waals surface area contributed by atoms with Crippen LogP contribution in [0.3, 0.4) is 0 Å². The Kier molecular flexibility index (Phi) is 1.94. The van der Waals surface area contributed by atoms with Crippen LogP contribution in [0.5, 0.6) is 0 Å². The Hall–Kier alpha value is 0.170. The Labute approximate surface area is 63.8 Å². The molecule has 1 saturated carbocycles. The summed E-state index contributed by atoms with van der Waals surface area (Å²) in [4.78, 5) is 0. The van der Waals surface area contributed by atoms with Gasteiger partial charge >= 0.3 is 0 Å². The van der Waals surface area contributed by atoms with Crippen LogP contribution in [0.4, 0.5) is 8.78 Å². The van der Waals surface area contributed by atoms with Crippen molar-refractivity contribution in [2.24, 2.45) is 5.41 Å². The highest BCUT2D eigenvalue weighted by molar-refractivity contribution is 7.80. The third kappa shape index (κ3) is 1.27. The number of alkyl halides is 2. The van der Waals surface area contributed by atoms with E-state index in [1.165, 1.54) is 0 Å². The van der Waals surface area contributed by atoms with Gasteiger partial charge in [-0.25, -0.2) is 8.78 Å². The molecule has 60 valence electrons. The fraction of sp³-hybridized carbons (Fsp3) is 1.00. The molecule has 4 heteroatoms. The van der Waals surface area contributed by atoms with Gasteiger partial charge in [0.15, 0.2) is 0 Å². The lowest BCUT2D eigenvalue weighted by atomic mass is 9.68. The summed E-state index contributed by atoms with van der Waals surface area (Å²) in [6.45, 7) is -0.175. The third-order valence-electron chi connectivity index (χ3n) is 1.94. The zero-order chi connectivity index (χ0) is 7.83. The Balaban J connectivity index is 2.46. The normalized spacial score (nSPS) is 27.6. The lowest BCUT2D eigenvalue weighted by molar-refractivity contribution is -0.165. The van der Waals surface area contributed by atoms with Crippen molar-refractivity contribution in [2.45, 2.75) is 18.8 Å². The molecule has 1 rings (SSSR count). The van der Waals surface area contributed by atoms with Crippen LogP contribution in [-0.4, -0.2) is 23.4 Å². The van der Waals surface area contributed by atoms with Crippen LogP contribution in [0.15, 0.2) is 0 Å². The van der Waals surface area contributed by atoms with Gasteiger partial charge in [-0.1, -0.05) is 0 Å². The first-order valence-electron chi connectivity index (χ1n) is 3.13. The molecule has 0 saturated heterocycles. The van der Waals surface area contributed by atoms with E-state index in [1.54, 1.807) is 0 Å². The highest BCUT2D eigenvalue weighted by atomic mass is 32.1. The predicted molar refractivity (Wildman–Crippen MR) is 37.6 cm³/mol. The minimum absolute atomic E-state index is 0.175. The zero-order valence-electron chi connectivity index (χ0n) is 5.48. The van der Waals surface area contributed by atoms with Crippen molar-refractivity contribution in [3.63, 3.8) is 0 Å². The molecule has 0 unspecified atom stereocenters. The standard InChI is InChI=1S/C6H10F2OS/c7-6(8)1-5(2-6,3-9)4-10/h9-10H,1-4H2. The van der Waals surface area contributed by atoms with Gasteiger partial charge in [-0.15, -0.1) is 0 Å². The molecule has 1 N–H and O–H groups in total. The smallest absolute Gasteiger partial charge is 0.249 e. The molecule has 0 atom stereocenters. The molecular weight excluding hydrogens is 158 g/mol. The Bertz CT molecular complexity index is 124. The fourth-order valence-electron chi connectivity index (χ4n) is 1.32. The van der Waals surface area contributed by atoms with E-state index in [-0.39, 0.29) is 19.4 Å². The van der Waals surface area contributed by atoms with E-state index in [4.69, 9.17) is 5.11 Å². The number of aliphatic hydroxyl groups excluding tert-OH is 1. The first kappa shape index (κ1) is 8.27. The van der Waals surface area contributed by atoms with Gasteiger partial charge in [-0.05, 0) is 5.75 Å². The van der Waals surface area contributed by atoms with Crippen LogP contribution in [0.2, 0.25) is 0 Å². The molecule has 0 amide bonds. The number of hydrogen-bond donors (Lipinski definition) is 2. The third-order valence-corrected chi connectivity index (χ3v) is 2.61. The van der Waals surface area contributed by atoms with Gasteiger partial charge in [-0.3, -0.25) is 0 Å². The summed E-state index contributed by atoms with van der Waals surface area (Å²) in [6.07, 6.45) is -0.417. The molecular formula is C6H10F2OS. The summed E-state index contributed by atoms with van der Waals surface area (Å²) in [6, 6.07) is 0. The summed E-state index contributed by atoms with van der Waals surface area (Å²) < 4.78 is 24.5. The second-order valence-corrected chi connectivity index (χ2v) is 3.34. The van der Waals surface area contributed by atoms with E-state index in [0.29, 0.717) is 5.75 Å². The van der Waals surface area contributed by atoms with Gasteiger partial charge in [0.25, 0.3) is 0 Å².